The Bertz CT molecular complexity index is 1380. The Morgan fingerprint density at radius 1 is 1.17 bits per heavy atom. The average molecular weight is 472 g/mol. The maximum absolute atomic E-state index is 11.8. The molecule has 2 aromatic carbocycles. The molecule has 0 unspecified atom stereocenters. The lowest BCUT2D eigenvalue weighted by atomic mass is 9.80. The number of carbonyl (C=O) groups is 1. The number of anilines is 1. The second-order valence-corrected chi connectivity index (χ2v) is 9.24. The van der Waals surface area contributed by atoms with Crippen molar-refractivity contribution in [3.05, 3.63) is 65.5 Å². The third kappa shape index (κ3) is 4.56. The lowest BCUT2D eigenvalue weighted by molar-refractivity contribution is 0.0684. The number of rotatable bonds is 8. The number of hydrogen-bond donors (Lipinski definition) is 2. The molecule has 0 radical (unpaired) electrons. The standard InChI is InChI=1S/C27H29N5O3/c1-16-6-4-9-20(14-16)26-31-24-22(32(26)15-18-10-12-21(35-3)13-11-18)23(29-25(30-24)27(33)34)28-17(2)19-7-5-8-19/h4,6,9-14,17,19H,5,7-8,15H2,1-3H3,(H,33,34)(H,28,29,30)/t17-/m1/s1. The van der Waals surface area contributed by atoms with E-state index in [9.17, 15) is 9.90 Å². The summed E-state index contributed by atoms with van der Waals surface area (Å²) in [5, 5.41) is 13.2. The number of ether oxygens (including phenoxy) is 1. The highest BCUT2D eigenvalue weighted by Gasteiger charge is 2.27. The van der Waals surface area contributed by atoms with Crippen molar-refractivity contribution in [2.75, 3.05) is 12.4 Å². The first-order chi connectivity index (χ1) is 16.9. The molecule has 1 atom stereocenters. The molecule has 0 aliphatic heterocycles. The van der Waals surface area contributed by atoms with Crippen LogP contribution in [0.15, 0.2) is 48.5 Å². The third-order valence-corrected chi connectivity index (χ3v) is 6.79. The van der Waals surface area contributed by atoms with E-state index in [4.69, 9.17) is 9.72 Å². The van der Waals surface area contributed by atoms with Gasteiger partial charge in [-0.15, -0.1) is 0 Å². The molecule has 35 heavy (non-hydrogen) atoms. The van der Waals surface area contributed by atoms with Gasteiger partial charge in [0.15, 0.2) is 11.5 Å². The molecule has 2 heterocycles. The van der Waals surface area contributed by atoms with Crippen molar-refractivity contribution in [3.63, 3.8) is 0 Å². The van der Waals surface area contributed by atoms with E-state index < -0.39 is 5.97 Å². The van der Waals surface area contributed by atoms with E-state index in [0.29, 0.717) is 29.4 Å². The highest BCUT2D eigenvalue weighted by molar-refractivity contribution is 5.92. The van der Waals surface area contributed by atoms with Gasteiger partial charge in [-0.3, -0.25) is 0 Å². The van der Waals surface area contributed by atoms with Crippen molar-refractivity contribution in [1.82, 2.24) is 19.5 Å². The van der Waals surface area contributed by atoms with Crippen molar-refractivity contribution < 1.29 is 14.6 Å². The minimum Gasteiger partial charge on any atom is -0.497 e. The van der Waals surface area contributed by atoms with Crippen LogP contribution in [0.3, 0.4) is 0 Å². The molecule has 180 valence electrons. The second-order valence-electron chi connectivity index (χ2n) is 9.24. The maximum atomic E-state index is 11.8. The summed E-state index contributed by atoms with van der Waals surface area (Å²) in [7, 11) is 1.65. The number of benzene rings is 2. The quantitative estimate of drug-likeness (QED) is 0.366. The maximum Gasteiger partial charge on any atom is 0.374 e. The normalized spacial score (nSPS) is 14.5. The fraction of sp³-hybridized carbons (Fsp3) is 0.333. The number of hydrogen-bond acceptors (Lipinski definition) is 6. The highest BCUT2D eigenvalue weighted by atomic mass is 16.5. The van der Waals surface area contributed by atoms with Gasteiger partial charge in [-0.1, -0.05) is 42.3 Å². The average Bonchev–Trinajstić information content (AvgIpc) is 3.17. The van der Waals surface area contributed by atoms with E-state index in [1.165, 1.54) is 6.42 Å². The molecule has 0 amide bonds. The van der Waals surface area contributed by atoms with Crippen LogP contribution in [0.25, 0.3) is 22.6 Å². The van der Waals surface area contributed by atoms with Crippen LogP contribution in [0.5, 0.6) is 5.75 Å². The number of aryl methyl sites for hydroxylation is 1. The molecule has 5 rings (SSSR count). The summed E-state index contributed by atoms with van der Waals surface area (Å²) in [5.74, 6) is 1.12. The molecule has 8 heteroatoms. The van der Waals surface area contributed by atoms with Gasteiger partial charge in [0.25, 0.3) is 0 Å². The van der Waals surface area contributed by atoms with Gasteiger partial charge in [0.05, 0.1) is 7.11 Å². The highest BCUT2D eigenvalue weighted by Crippen LogP contribution is 2.34. The lowest BCUT2D eigenvalue weighted by Crippen LogP contribution is -2.31. The zero-order chi connectivity index (χ0) is 24.5. The number of methoxy groups -OCH3 is 1. The van der Waals surface area contributed by atoms with Crippen molar-refractivity contribution in [2.45, 2.75) is 45.7 Å². The SMILES string of the molecule is COc1ccc(Cn2c(-c3cccc(C)c3)nc3nc(C(=O)O)nc(N[C@H](C)C4CCC4)c32)cc1. The van der Waals surface area contributed by atoms with Gasteiger partial charge in [0, 0.05) is 18.2 Å². The third-order valence-electron chi connectivity index (χ3n) is 6.79. The zero-order valence-electron chi connectivity index (χ0n) is 20.2. The minimum absolute atomic E-state index is 0.162. The number of aromatic carboxylic acids is 1. The Balaban J connectivity index is 1.70. The zero-order valence-corrected chi connectivity index (χ0v) is 20.2. The molecule has 2 aromatic heterocycles. The largest absolute Gasteiger partial charge is 0.497 e. The van der Waals surface area contributed by atoms with Crippen molar-refractivity contribution in [3.8, 4) is 17.1 Å². The van der Waals surface area contributed by atoms with Gasteiger partial charge in [-0.2, -0.15) is 0 Å². The Morgan fingerprint density at radius 3 is 2.57 bits per heavy atom. The van der Waals surface area contributed by atoms with Crippen molar-refractivity contribution >= 4 is 23.0 Å². The summed E-state index contributed by atoms with van der Waals surface area (Å²) in [5.41, 5.74) is 4.17. The summed E-state index contributed by atoms with van der Waals surface area (Å²) in [6.07, 6.45) is 3.55. The summed E-state index contributed by atoms with van der Waals surface area (Å²) < 4.78 is 7.39. The Labute approximate surface area is 204 Å². The summed E-state index contributed by atoms with van der Waals surface area (Å²) in [4.78, 5) is 25.4. The van der Waals surface area contributed by atoms with Crippen LogP contribution < -0.4 is 10.1 Å². The molecule has 1 aliphatic carbocycles. The van der Waals surface area contributed by atoms with Crippen LogP contribution >= 0.6 is 0 Å². The number of carboxylic acids is 1. The fourth-order valence-corrected chi connectivity index (χ4v) is 4.58. The predicted molar refractivity (Wildman–Crippen MR) is 135 cm³/mol. The predicted octanol–water partition coefficient (Wildman–Crippen LogP) is 5.16. The van der Waals surface area contributed by atoms with Crippen LogP contribution in [-0.4, -0.2) is 43.7 Å². The first-order valence-electron chi connectivity index (χ1n) is 11.9. The molecular formula is C27H29N5O3. The summed E-state index contributed by atoms with van der Waals surface area (Å²) in [6, 6.07) is 16.2. The number of nitrogens with zero attached hydrogens (tertiary/aromatic N) is 4. The topological polar surface area (TPSA) is 102 Å². The number of imidazole rings is 1. The van der Waals surface area contributed by atoms with Gasteiger partial charge >= 0.3 is 5.97 Å². The Hall–Kier alpha value is -3.94. The van der Waals surface area contributed by atoms with Crippen LogP contribution in [0.2, 0.25) is 0 Å². The van der Waals surface area contributed by atoms with Gasteiger partial charge in [0.2, 0.25) is 5.82 Å². The van der Waals surface area contributed by atoms with E-state index in [0.717, 1.165) is 41.1 Å². The number of carboxylic acid groups (broad SMARTS) is 1. The van der Waals surface area contributed by atoms with Crippen LogP contribution in [0.4, 0.5) is 5.82 Å². The molecule has 1 aliphatic rings. The number of aromatic nitrogens is 4. The summed E-state index contributed by atoms with van der Waals surface area (Å²) in [6.45, 7) is 4.69. The van der Waals surface area contributed by atoms with E-state index in [2.05, 4.69) is 32.8 Å². The summed E-state index contributed by atoms with van der Waals surface area (Å²) >= 11 is 0. The first-order valence-corrected chi connectivity index (χ1v) is 11.9. The van der Waals surface area contributed by atoms with Crippen molar-refractivity contribution in [1.29, 1.82) is 0 Å². The molecular weight excluding hydrogens is 442 g/mol. The Morgan fingerprint density at radius 2 is 1.94 bits per heavy atom. The molecule has 1 fully saturated rings. The minimum atomic E-state index is -1.17. The Kier molecular flexibility index (Phi) is 6.11. The fourth-order valence-electron chi connectivity index (χ4n) is 4.58. The second kappa shape index (κ2) is 9.37. The lowest BCUT2D eigenvalue weighted by Gasteiger charge is -2.32. The molecule has 1 saturated carbocycles. The van der Waals surface area contributed by atoms with Gasteiger partial charge < -0.3 is 19.7 Å². The number of nitrogens with one attached hydrogen (secondary N) is 1. The van der Waals surface area contributed by atoms with Crippen LogP contribution in [0, 0.1) is 12.8 Å². The molecule has 8 nitrogen and oxygen atoms in total. The van der Waals surface area contributed by atoms with E-state index in [1.807, 2.05) is 49.4 Å². The van der Waals surface area contributed by atoms with Crippen LogP contribution in [0.1, 0.15) is 47.9 Å². The van der Waals surface area contributed by atoms with E-state index in [-0.39, 0.29) is 11.9 Å². The van der Waals surface area contributed by atoms with Gasteiger partial charge in [-0.25, -0.2) is 19.7 Å². The number of fused-ring (bicyclic) bond motifs is 1. The molecule has 0 bridgehead atoms. The van der Waals surface area contributed by atoms with Gasteiger partial charge in [0.1, 0.15) is 17.1 Å². The van der Waals surface area contributed by atoms with Crippen molar-refractivity contribution in [2.24, 2.45) is 5.92 Å². The monoisotopic (exact) mass is 471 g/mol. The molecule has 4 aromatic rings. The smallest absolute Gasteiger partial charge is 0.374 e. The van der Waals surface area contributed by atoms with Gasteiger partial charge in [-0.05, 0) is 56.4 Å². The molecule has 0 spiro atoms. The molecule has 0 saturated heterocycles. The van der Waals surface area contributed by atoms with E-state index >= 15 is 0 Å². The van der Waals surface area contributed by atoms with E-state index in [1.54, 1.807) is 7.11 Å². The first kappa shape index (κ1) is 22.8. The molecule has 2 N–H and O–H groups in total. The van der Waals surface area contributed by atoms with Crippen LogP contribution in [-0.2, 0) is 6.54 Å².